The van der Waals surface area contributed by atoms with Crippen molar-refractivity contribution in [1.82, 2.24) is 0 Å². The maximum absolute atomic E-state index is 5.88. The van der Waals surface area contributed by atoms with Crippen LogP contribution in [0.25, 0.3) is 0 Å². The van der Waals surface area contributed by atoms with Crippen LogP contribution in [0.1, 0.15) is 18.1 Å². The number of hydrogen-bond acceptors (Lipinski definition) is 2. The molecule has 0 radical (unpaired) electrons. The summed E-state index contributed by atoms with van der Waals surface area (Å²) in [5.41, 5.74) is 7.74. The summed E-state index contributed by atoms with van der Waals surface area (Å²) in [5.74, 6) is 1.40. The molecule has 0 heterocycles. The van der Waals surface area contributed by atoms with E-state index in [4.69, 9.17) is 10.5 Å². The molecule has 0 saturated carbocycles. The van der Waals surface area contributed by atoms with Crippen LogP contribution in [0.2, 0.25) is 0 Å². The number of benzene rings is 2. The summed E-state index contributed by atoms with van der Waals surface area (Å²) in [6.07, 6.45) is 0. The van der Waals surface area contributed by atoms with Gasteiger partial charge in [-0.15, -0.1) is 0 Å². The quantitative estimate of drug-likeness (QED) is 0.666. The van der Waals surface area contributed by atoms with Crippen molar-refractivity contribution in [3.63, 3.8) is 0 Å². The number of nitrogens with two attached hydrogens (primary N) is 1. The van der Waals surface area contributed by atoms with Crippen molar-refractivity contribution in [2.45, 2.75) is 20.1 Å². The molecule has 2 N–H and O–H groups in total. The Hall–Kier alpha value is -1.81. The van der Waals surface area contributed by atoms with E-state index in [2.05, 4.69) is 20.9 Å². The summed E-state index contributed by atoms with van der Waals surface area (Å²) >= 11 is 3.46. The van der Waals surface area contributed by atoms with Gasteiger partial charge in [0.1, 0.15) is 12.4 Å². The molecule has 104 valence electrons. The first-order valence-electron chi connectivity index (χ1n) is 6.37. The Morgan fingerprint density at radius 2 is 1.95 bits per heavy atom. The van der Waals surface area contributed by atoms with E-state index in [9.17, 15) is 0 Å². The van der Waals surface area contributed by atoms with Crippen molar-refractivity contribution in [2.24, 2.45) is 10.7 Å². The maximum Gasteiger partial charge on any atom is 0.124 e. The van der Waals surface area contributed by atoms with Gasteiger partial charge in [0.15, 0.2) is 0 Å². The van der Waals surface area contributed by atoms with Crippen LogP contribution in [0.5, 0.6) is 5.75 Å². The van der Waals surface area contributed by atoms with Crippen LogP contribution in [-0.4, -0.2) is 5.84 Å². The fraction of sp³-hybridized carbons (Fsp3) is 0.188. The first kappa shape index (κ1) is 14.6. The number of amidine groups is 1. The minimum Gasteiger partial charge on any atom is -0.489 e. The predicted octanol–water partition coefficient (Wildman–Crippen LogP) is 3.91. The highest BCUT2D eigenvalue weighted by molar-refractivity contribution is 9.10. The summed E-state index contributed by atoms with van der Waals surface area (Å²) in [4.78, 5) is 4.25. The highest BCUT2D eigenvalue weighted by atomic mass is 79.9. The molecule has 0 bridgehead atoms. The van der Waals surface area contributed by atoms with E-state index in [0.29, 0.717) is 19.0 Å². The Morgan fingerprint density at radius 1 is 1.20 bits per heavy atom. The summed E-state index contributed by atoms with van der Waals surface area (Å²) < 4.78 is 6.88. The van der Waals surface area contributed by atoms with Gasteiger partial charge in [0.05, 0.1) is 12.4 Å². The van der Waals surface area contributed by atoms with Gasteiger partial charge in [-0.3, -0.25) is 4.99 Å². The second-order valence-electron chi connectivity index (χ2n) is 4.48. The number of halogens is 1. The van der Waals surface area contributed by atoms with Gasteiger partial charge in [0.25, 0.3) is 0 Å². The SMILES string of the molecule is CC(N)=NCc1cc(Br)ccc1OCc1ccccc1. The van der Waals surface area contributed by atoms with Gasteiger partial charge in [0.2, 0.25) is 0 Å². The molecule has 0 aromatic heterocycles. The van der Waals surface area contributed by atoms with E-state index in [1.807, 2.05) is 48.5 Å². The van der Waals surface area contributed by atoms with Gasteiger partial charge in [-0.2, -0.15) is 0 Å². The van der Waals surface area contributed by atoms with E-state index >= 15 is 0 Å². The number of aliphatic imine (C=N–C) groups is 1. The lowest BCUT2D eigenvalue weighted by Crippen LogP contribution is -2.06. The Kier molecular flexibility index (Phi) is 5.18. The van der Waals surface area contributed by atoms with E-state index in [-0.39, 0.29) is 0 Å². The van der Waals surface area contributed by atoms with Crippen LogP contribution >= 0.6 is 15.9 Å². The molecule has 0 fully saturated rings. The molecule has 2 rings (SSSR count). The average Bonchev–Trinajstić information content (AvgIpc) is 2.45. The van der Waals surface area contributed by atoms with Crippen molar-refractivity contribution in [1.29, 1.82) is 0 Å². The van der Waals surface area contributed by atoms with Crippen molar-refractivity contribution in [3.05, 3.63) is 64.1 Å². The second-order valence-corrected chi connectivity index (χ2v) is 5.40. The van der Waals surface area contributed by atoms with Crippen LogP contribution in [0.4, 0.5) is 0 Å². The summed E-state index contributed by atoms with van der Waals surface area (Å²) in [6.45, 7) is 2.84. The zero-order valence-electron chi connectivity index (χ0n) is 11.3. The highest BCUT2D eigenvalue weighted by Crippen LogP contribution is 2.25. The Labute approximate surface area is 127 Å². The van der Waals surface area contributed by atoms with Crippen molar-refractivity contribution < 1.29 is 4.74 Å². The molecule has 0 aliphatic carbocycles. The molecule has 0 aliphatic rings. The Morgan fingerprint density at radius 3 is 2.65 bits per heavy atom. The first-order valence-corrected chi connectivity index (χ1v) is 7.16. The lowest BCUT2D eigenvalue weighted by molar-refractivity contribution is 0.303. The van der Waals surface area contributed by atoms with E-state index in [1.165, 1.54) is 0 Å². The standard InChI is InChI=1S/C16H17BrN2O/c1-12(18)19-10-14-9-15(17)7-8-16(14)20-11-13-5-3-2-4-6-13/h2-9H,10-11H2,1H3,(H2,18,19). The smallest absolute Gasteiger partial charge is 0.124 e. The minimum absolute atomic E-state index is 0.520. The van der Waals surface area contributed by atoms with Crippen molar-refractivity contribution in [2.75, 3.05) is 0 Å². The normalized spacial score (nSPS) is 11.4. The third kappa shape index (κ3) is 4.38. The number of ether oxygens (including phenoxy) is 1. The lowest BCUT2D eigenvalue weighted by atomic mass is 10.2. The molecule has 4 heteroatoms. The van der Waals surface area contributed by atoms with Crippen molar-refractivity contribution >= 4 is 21.8 Å². The van der Waals surface area contributed by atoms with Crippen LogP contribution in [0.3, 0.4) is 0 Å². The maximum atomic E-state index is 5.88. The molecule has 0 spiro atoms. The van der Waals surface area contributed by atoms with Crippen LogP contribution in [0, 0.1) is 0 Å². The van der Waals surface area contributed by atoms with Gasteiger partial charge < -0.3 is 10.5 Å². The first-order chi connectivity index (χ1) is 9.65. The zero-order valence-corrected chi connectivity index (χ0v) is 12.9. The molecular weight excluding hydrogens is 316 g/mol. The molecular formula is C16H17BrN2O. The summed E-state index contributed by atoms with van der Waals surface area (Å²) in [6, 6.07) is 16.0. The number of hydrogen-bond donors (Lipinski definition) is 1. The third-order valence-corrected chi connectivity index (χ3v) is 3.25. The van der Waals surface area contributed by atoms with Crippen molar-refractivity contribution in [3.8, 4) is 5.75 Å². The average molecular weight is 333 g/mol. The monoisotopic (exact) mass is 332 g/mol. The number of nitrogens with zero attached hydrogens (tertiary/aromatic N) is 1. The second kappa shape index (κ2) is 7.10. The summed E-state index contributed by atoms with van der Waals surface area (Å²) in [7, 11) is 0. The Balaban J connectivity index is 2.12. The zero-order chi connectivity index (χ0) is 14.4. The van der Waals surface area contributed by atoms with Gasteiger partial charge in [-0.1, -0.05) is 46.3 Å². The molecule has 0 aliphatic heterocycles. The lowest BCUT2D eigenvalue weighted by Gasteiger charge is -2.11. The highest BCUT2D eigenvalue weighted by Gasteiger charge is 2.05. The van der Waals surface area contributed by atoms with E-state index in [0.717, 1.165) is 21.3 Å². The molecule has 2 aromatic rings. The molecule has 3 nitrogen and oxygen atoms in total. The largest absolute Gasteiger partial charge is 0.489 e. The molecule has 0 unspecified atom stereocenters. The van der Waals surface area contributed by atoms with Gasteiger partial charge in [-0.25, -0.2) is 0 Å². The molecule has 0 amide bonds. The molecule has 2 aromatic carbocycles. The molecule has 20 heavy (non-hydrogen) atoms. The third-order valence-electron chi connectivity index (χ3n) is 2.76. The van der Waals surface area contributed by atoms with Crippen LogP contribution in [-0.2, 0) is 13.2 Å². The fourth-order valence-corrected chi connectivity index (χ4v) is 2.17. The van der Waals surface area contributed by atoms with Gasteiger partial charge in [0, 0.05) is 10.0 Å². The molecule has 0 saturated heterocycles. The summed E-state index contributed by atoms with van der Waals surface area (Å²) in [5, 5.41) is 0. The van der Waals surface area contributed by atoms with E-state index < -0.39 is 0 Å². The fourth-order valence-electron chi connectivity index (χ4n) is 1.76. The molecule has 0 atom stereocenters. The van der Waals surface area contributed by atoms with Crippen LogP contribution in [0.15, 0.2) is 58.0 Å². The van der Waals surface area contributed by atoms with Gasteiger partial charge in [-0.05, 0) is 30.7 Å². The number of rotatable bonds is 5. The van der Waals surface area contributed by atoms with E-state index in [1.54, 1.807) is 6.92 Å². The van der Waals surface area contributed by atoms with Crippen LogP contribution < -0.4 is 10.5 Å². The van der Waals surface area contributed by atoms with Gasteiger partial charge >= 0.3 is 0 Å². The topological polar surface area (TPSA) is 47.6 Å². The minimum atomic E-state index is 0.520. The predicted molar refractivity (Wildman–Crippen MR) is 85.9 cm³/mol. The Bertz CT molecular complexity index is 593.